The van der Waals surface area contributed by atoms with E-state index >= 15 is 0 Å². The van der Waals surface area contributed by atoms with Crippen LogP contribution in [0.3, 0.4) is 0 Å². The second kappa shape index (κ2) is 5.14. The molecule has 1 heterocycles. The summed E-state index contributed by atoms with van der Waals surface area (Å²) in [6.45, 7) is 4.85. The van der Waals surface area contributed by atoms with Gasteiger partial charge in [-0.2, -0.15) is 4.37 Å². The van der Waals surface area contributed by atoms with Crippen LogP contribution >= 0.6 is 11.5 Å². The Kier molecular flexibility index (Phi) is 4.11. The first-order valence-corrected chi connectivity index (χ1v) is 5.32. The highest BCUT2D eigenvalue weighted by Crippen LogP contribution is 2.12. The second-order valence-electron chi connectivity index (χ2n) is 2.99. The van der Waals surface area contributed by atoms with Crippen LogP contribution in [0, 0.1) is 0 Å². The molecular weight excluding hydrogens is 184 g/mol. The summed E-state index contributed by atoms with van der Waals surface area (Å²) in [5.74, 6) is 0.910. The highest BCUT2D eigenvalue weighted by Gasteiger charge is 2.05. The van der Waals surface area contributed by atoms with Crippen molar-refractivity contribution in [3.8, 4) is 0 Å². The van der Waals surface area contributed by atoms with E-state index in [4.69, 9.17) is 5.73 Å². The molecule has 1 aromatic heterocycles. The van der Waals surface area contributed by atoms with E-state index in [1.54, 1.807) is 0 Å². The first-order chi connectivity index (χ1) is 6.26. The molecule has 0 aliphatic rings. The number of rotatable bonds is 5. The monoisotopic (exact) mass is 200 g/mol. The normalized spacial score (nSPS) is 12.8. The summed E-state index contributed by atoms with van der Waals surface area (Å²) in [6.07, 6.45) is 1.85. The van der Waals surface area contributed by atoms with Gasteiger partial charge in [0, 0.05) is 24.0 Å². The molecule has 0 aliphatic heterocycles. The molecule has 0 aromatic carbocycles. The molecule has 0 bridgehead atoms. The molecule has 5 heteroatoms. The average molecular weight is 200 g/mol. The van der Waals surface area contributed by atoms with Crippen LogP contribution < -0.4 is 11.1 Å². The third-order valence-corrected chi connectivity index (χ3v) is 2.44. The first kappa shape index (κ1) is 10.4. The maximum absolute atomic E-state index is 5.44. The Morgan fingerprint density at radius 2 is 2.38 bits per heavy atom. The SMILES string of the molecule is CCc1nsc(NC(C)CCN)n1. The second-order valence-corrected chi connectivity index (χ2v) is 3.74. The predicted octanol–water partition coefficient (Wildman–Crippen LogP) is 1.25. The van der Waals surface area contributed by atoms with Gasteiger partial charge in [-0.1, -0.05) is 6.92 Å². The van der Waals surface area contributed by atoms with Gasteiger partial charge in [0.15, 0.2) is 0 Å². The molecular formula is C8H16N4S. The topological polar surface area (TPSA) is 63.8 Å². The van der Waals surface area contributed by atoms with E-state index in [1.165, 1.54) is 11.5 Å². The zero-order chi connectivity index (χ0) is 9.68. The van der Waals surface area contributed by atoms with Gasteiger partial charge in [-0.3, -0.25) is 0 Å². The zero-order valence-corrected chi connectivity index (χ0v) is 8.90. The fourth-order valence-corrected chi connectivity index (χ4v) is 1.75. The van der Waals surface area contributed by atoms with Gasteiger partial charge in [0.25, 0.3) is 0 Å². The highest BCUT2D eigenvalue weighted by molar-refractivity contribution is 7.09. The maximum Gasteiger partial charge on any atom is 0.202 e. The molecule has 0 spiro atoms. The lowest BCUT2D eigenvalue weighted by atomic mass is 10.2. The smallest absolute Gasteiger partial charge is 0.202 e. The molecule has 13 heavy (non-hydrogen) atoms. The van der Waals surface area contributed by atoms with Crippen LogP contribution in [0.2, 0.25) is 0 Å². The molecule has 0 fully saturated rings. The molecule has 74 valence electrons. The van der Waals surface area contributed by atoms with Crippen molar-refractivity contribution in [2.45, 2.75) is 32.7 Å². The number of nitrogens with two attached hydrogens (primary N) is 1. The Bertz CT molecular complexity index is 248. The van der Waals surface area contributed by atoms with Gasteiger partial charge in [-0.25, -0.2) is 4.98 Å². The van der Waals surface area contributed by atoms with E-state index in [9.17, 15) is 0 Å². The molecule has 0 saturated carbocycles. The van der Waals surface area contributed by atoms with Crippen LogP contribution in [0.15, 0.2) is 0 Å². The first-order valence-electron chi connectivity index (χ1n) is 4.55. The molecule has 0 saturated heterocycles. The number of anilines is 1. The number of aromatic nitrogens is 2. The van der Waals surface area contributed by atoms with Crippen LogP contribution in [0.1, 0.15) is 26.1 Å². The summed E-state index contributed by atoms with van der Waals surface area (Å²) in [5, 5.41) is 4.16. The quantitative estimate of drug-likeness (QED) is 0.751. The Balaban J connectivity index is 2.44. The molecule has 1 rings (SSSR count). The molecule has 1 unspecified atom stereocenters. The largest absolute Gasteiger partial charge is 0.358 e. The van der Waals surface area contributed by atoms with E-state index < -0.39 is 0 Å². The fraction of sp³-hybridized carbons (Fsp3) is 0.750. The molecule has 1 atom stereocenters. The van der Waals surface area contributed by atoms with Crippen molar-refractivity contribution >= 4 is 16.7 Å². The van der Waals surface area contributed by atoms with Crippen molar-refractivity contribution in [3.63, 3.8) is 0 Å². The molecule has 0 radical (unpaired) electrons. The van der Waals surface area contributed by atoms with Gasteiger partial charge in [0.05, 0.1) is 0 Å². The van der Waals surface area contributed by atoms with E-state index in [0.717, 1.165) is 23.8 Å². The minimum absolute atomic E-state index is 0.377. The number of nitrogens with one attached hydrogen (secondary N) is 1. The van der Waals surface area contributed by atoms with Crippen molar-refractivity contribution in [2.75, 3.05) is 11.9 Å². The van der Waals surface area contributed by atoms with Gasteiger partial charge < -0.3 is 11.1 Å². The number of nitrogens with zero attached hydrogens (tertiary/aromatic N) is 2. The minimum atomic E-state index is 0.377. The lowest BCUT2D eigenvalue weighted by Gasteiger charge is -2.09. The summed E-state index contributed by atoms with van der Waals surface area (Å²) < 4.78 is 4.18. The lowest BCUT2D eigenvalue weighted by molar-refractivity contribution is 0.715. The predicted molar refractivity (Wildman–Crippen MR) is 56.0 cm³/mol. The van der Waals surface area contributed by atoms with Crippen LogP contribution in [-0.2, 0) is 6.42 Å². The Morgan fingerprint density at radius 3 is 2.92 bits per heavy atom. The van der Waals surface area contributed by atoms with Crippen molar-refractivity contribution < 1.29 is 0 Å². The summed E-state index contributed by atoms with van der Waals surface area (Å²) in [4.78, 5) is 4.31. The van der Waals surface area contributed by atoms with Gasteiger partial charge >= 0.3 is 0 Å². The summed E-state index contributed by atoms with van der Waals surface area (Å²) in [6, 6.07) is 0.377. The van der Waals surface area contributed by atoms with Crippen LogP contribution in [-0.4, -0.2) is 21.9 Å². The van der Waals surface area contributed by atoms with Gasteiger partial charge in [-0.05, 0) is 19.9 Å². The van der Waals surface area contributed by atoms with E-state index in [2.05, 4.69) is 28.5 Å². The van der Waals surface area contributed by atoms with E-state index in [1.807, 2.05) is 0 Å². The van der Waals surface area contributed by atoms with Crippen molar-refractivity contribution in [3.05, 3.63) is 5.82 Å². The van der Waals surface area contributed by atoms with Gasteiger partial charge in [-0.15, -0.1) is 0 Å². The molecule has 1 aromatic rings. The maximum atomic E-state index is 5.44. The van der Waals surface area contributed by atoms with E-state index in [0.29, 0.717) is 12.6 Å². The van der Waals surface area contributed by atoms with E-state index in [-0.39, 0.29) is 0 Å². The Morgan fingerprint density at radius 1 is 1.62 bits per heavy atom. The molecule has 0 amide bonds. The van der Waals surface area contributed by atoms with Crippen LogP contribution in [0.5, 0.6) is 0 Å². The van der Waals surface area contributed by atoms with Crippen molar-refractivity contribution in [1.82, 2.24) is 9.36 Å². The third-order valence-electron chi connectivity index (χ3n) is 1.75. The molecule has 3 N–H and O–H groups in total. The number of hydrogen-bond acceptors (Lipinski definition) is 5. The standard InChI is InChI=1S/C8H16N4S/c1-3-7-11-8(13-12-7)10-6(2)4-5-9/h6H,3-5,9H2,1-2H3,(H,10,11,12). The lowest BCUT2D eigenvalue weighted by Crippen LogP contribution is -2.19. The summed E-state index contributed by atoms with van der Waals surface area (Å²) in [5.41, 5.74) is 5.44. The number of hydrogen-bond donors (Lipinski definition) is 2. The summed E-state index contributed by atoms with van der Waals surface area (Å²) in [7, 11) is 0. The minimum Gasteiger partial charge on any atom is -0.358 e. The third kappa shape index (κ3) is 3.28. The van der Waals surface area contributed by atoms with Crippen LogP contribution in [0.25, 0.3) is 0 Å². The molecule has 4 nitrogen and oxygen atoms in total. The highest BCUT2D eigenvalue weighted by atomic mass is 32.1. The van der Waals surface area contributed by atoms with Crippen LogP contribution in [0.4, 0.5) is 5.13 Å². The average Bonchev–Trinajstić information content (AvgIpc) is 2.52. The summed E-state index contributed by atoms with van der Waals surface area (Å²) >= 11 is 1.42. The molecule has 0 aliphatic carbocycles. The van der Waals surface area contributed by atoms with Crippen molar-refractivity contribution in [2.24, 2.45) is 5.73 Å². The zero-order valence-electron chi connectivity index (χ0n) is 8.08. The fourth-order valence-electron chi connectivity index (χ4n) is 0.989. The van der Waals surface area contributed by atoms with Gasteiger partial charge in [0.1, 0.15) is 5.82 Å². The Hall–Kier alpha value is -0.680. The van der Waals surface area contributed by atoms with Crippen molar-refractivity contribution in [1.29, 1.82) is 0 Å². The Labute approximate surface area is 82.7 Å². The number of aryl methyl sites for hydroxylation is 1. The van der Waals surface area contributed by atoms with Gasteiger partial charge in [0.2, 0.25) is 5.13 Å².